The molecule has 0 bridgehead atoms. The third-order valence-electron chi connectivity index (χ3n) is 6.83. The van der Waals surface area contributed by atoms with Crippen LogP contribution in [0.1, 0.15) is 24.8 Å². The van der Waals surface area contributed by atoms with Gasteiger partial charge in [-0.25, -0.2) is 4.79 Å². The Morgan fingerprint density at radius 1 is 1.14 bits per heavy atom. The zero-order valence-electron chi connectivity index (χ0n) is 16.8. The summed E-state index contributed by atoms with van der Waals surface area (Å²) in [5.74, 6) is 0.0216. The fourth-order valence-electron chi connectivity index (χ4n) is 5.06. The topological polar surface area (TPSA) is 73.0 Å². The third kappa shape index (κ3) is 3.28. The van der Waals surface area contributed by atoms with Crippen molar-refractivity contribution in [2.24, 2.45) is 0 Å². The molecule has 29 heavy (non-hydrogen) atoms. The Labute approximate surface area is 171 Å². The lowest BCUT2D eigenvalue weighted by molar-refractivity contribution is -0.143. The van der Waals surface area contributed by atoms with Crippen LogP contribution < -0.4 is 5.32 Å². The van der Waals surface area contributed by atoms with Gasteiger partial charge in [0.05, 0.1) is 17.5 Å². The summed E-state index contributed by atoms with van der Waals surface area (Å²) >= 11 is 0. The highest BCUT2D eigenvalue weighted by atomic mass is 16.2. The van der Waals surface area contributed by atoms with Crippen LogP contribution >= 0.6 is 0 Å². The van der Waals surface area contributed by atoms with Crippen molar-refractivity contribution >= 4 is 17.8 Å². The maximum Gasteiger partial charge on any atom is 0.317 e. The van der Waals surface area contributed by atoms with Gasteiger partial charge in [-0.05, 0) is 30.9 Å². The predicted octanol–water partition coefficient (Wildman–Crippen LogP) is 1.36. The number of amides is 4. The molecule has 3 aliphatic heterocycles. The highest BCUT2D eigenvalue weighted by Gasteiger charge is 2.49. The summed E-state index contributed by atoms with van der Waals surface area (Å²) in [6.07, 6.45) is 3.29. The molecule has 4 amide bonds. The van der Waals surface area contributed by atoms with Gasteiger partial charge in [-0.1, -0.05) is 36.9 Å². The molecule has 0 aromatic heterocycles. The number of piperidine rings is 2. The molecule has 3 fully saturated rings. The zero-order valence-corrected chi connectivity index (χ0v) is 16.8. The van der Waals surface area contributed by atoms with Crippen molar-refractivity contribution in [2.75, 3.05) is 33.2 Å². The number of rotatable bonds is 3. The van der Waals surface area contributed by atoms with Crippen LogP contribution in [0.5, 0.6) is 0 Å². The molecule has 0 unspecified atom stereocenters. The van der Waals surface area contributed by atoms with Crippen molar-refractivity contribution in [1.29, 1.82) is 0 Å². The van der Waals surface area contributed by atoms with Crippen molar-refractivity contribution in [2.45, 2.75) is 36.8 Å². The molecule has 7 nitrogen and oxygen atoms in total. The highest BCUT2D eigenvalue weighted by molar-refractivity contribution is 5.90. The van der Waals surface area contributed by atoms with Crippen LogP contribution in [-0.2, 0) is 15.0 Å². The van der Waals surface area contributed by atoms with Crippen molar-refractivity contribution in [1.82, 2.24) is 20.0 Å². The predicted molar refractivity (Wildman–Crippen MR) is 109 cm³/mol. The number of hydrogen-bond donors (Lipinski definition) is 1. The number of likely N-dealkylation sites (tertiary alicyclic amines) is 2. The zero-order chi connectivity index (χ0) is 20.6. The summed E-state index contributed by atoms with van der Waals surface area (Å²) in [5.41, 5.74) is 0.367. The Bertz CT molecular complexity index is 817. The molecule has 4 rings (SSSR count). The first-order valence-electron chi connectivity index (χ1n) is 10.3. The molecule has 0 saturated carbocycles. The Hall–Kier alpha value is -2.83. The number of benzene rings is 1. The summed E-state index contributed by atoms with van der Waals surface area (Å²) in [4.78, 5) is 43.3. The molecule has 7 heteroatoms. The first kappa shape index (κ1) is 19.5. The molecule has 3 aliphatic rings. The molecule has 0 aliphatic carbocycles. The van der Waals surface area contributed by atoms with Crippen molar-refractivity contribution in [3.63, 3.8) is 0 Å². The maximum absolute atomic E-state index is 13.8. The molecular weight excluding hydrogens is 368 g/mol. The van der Waals surface area contributed by atoms with Gasteiger partial charge in [0.2, 0.25) is 11.8 Å². The second kappa shape index (κ2) is 7.54. The highest BCUT2D eigenvalue weighted by Crippen LogP contribution is 2.38. The number of likely N-dealkylation sites (N-methyl/N-ethyl adjacent to an activating group) is 1. The van der Waals surface area contributed by atoms with E-state index in [1.54, 1.807) is 9.80 Å². The summed E-state index contributed by atoms with van der Waals surface area (Å²) < 4.78 is 0. The number of nitrogens with zero attached hydrogens (tertiary/aromatic N) is 3. The molecule has 0 radical (unpaired) electrons. The van der Waals surface area contributed by atoms with Gasteiger partial charge in [0.1, 0.15) is 0 Å². The molecule has 2 atom stereocenters. The Kier molecular flexibility index (Phi) is 5.06. The van der Waals surface area contributed by atoms with Gasteiger partial charge in [-0.15, -0.1) is 0 Å². The van der Waals surface area contributed by atoms with E-state index >= 15 is 0 Å². The standard InChI is InChI=1S/C22H28N4O3/c1-3-19(27)25-13-10-22(11-14-25,16-7-5-4-6-8-16)20(28)26-12-9-18-17(15-26)23-21(29)24(18)2/h3-8,17-18H,1,9-15H2,2H3,(H,23,29)/t17-,18+/m1/s1. The monoisotopic (exact) mass is 396 g/mol. The lowest BCUT2D eigenvalue weighted by atomic mass is 9.71. The second-order valence-electron chi connectivity index (χ2n) is 8.25. The normalized spacial score (nSPS) is 26.0. The van der Waals surface area contributed by atoms with Crippen LogP contribution in [0.2, 0.25) is 0 Å². The number of carbonyl (C=O) groups is 3. The summed E-state index contributed by atoms with van der Waals surface area (Å²) in [7, 11) is 1.81. The van der Waals surface area contributed by atoms with Crippen LogP contribution in [0.15, 0.2) is 43.0 Å². The van der Waals surface area contributed by atoms with Gasteiger partial charge in [-0.3, -0.25) is 9.59 Å². The maximum atomic E-state index is 13.8. The fraction of sp³-hybridized carbons (Fsp3) is 0.500. The number of carbonyl (C=O) groups excluding carboxylic acids is 3. The lowest BCUT2D eigenvalue weighted by Gasteiger charge is -2.45. The van der Waals surface area contributed by atoms with E-state index in [9.17, 15) is 14.4 Å². The smallest absolute Gasteiger partial charge is 0.317 e. The van der Waals surface area contributed by atoms with Crippen LogP contribution in [0.3, 0.4) is 0 Å². The quantitative estimate of drug-likeness (QED) is 0.784. The summed E-state index contributed by atoms with van der Waals surface area (Å²) in [5, 5.41) is 3.00. The first-order valence-corrected chi connectivity index (χ1v) is 10.3. The van der Waals surface area contributed by atoms with Gasteiger partial charge in [0.15, 0.2) is 0 Å². The molecule has 0 spiro atoms. The van der Waals surface area contributed by atoms with Gasteiger partial charge in [-0.2, -0.15) is 0 Å². The van der Waals surface area contributed by atoms with E-state index in [0.717, 1.165) is 12.0 Å². The third-order valence-corrected chi connectivity index (χ3v) is 6.83. The van der Waals surface area contributed by atoms with E-state index < -0.39 is 5.41 Å². The van der Waals surface area contributed by atoms with E-state index in [1.165, 1.54) is 6.08 Å². The molecule has 1 N–H and O–H groups in total. The molecular formula is C22H28N4O3. The van der Waals surface area contributed by atoms with Gasteiger partial charge >= 0.3 is 6.03 Å². The van der Waals surface area contributed by atoms with E-state index in [1.807, 2.05) is 42.3 Å². The van der Waals surface area contributed by atoms with Gasteiger partial charge in [0.25, 0.3) is 0 Å². The minimum absolute atomic E-state index is 0.0274. The average molecular weight is 396 g/mol. The van der Waals surface area contributed by atoms with E-state index in [4.69, 9.17) is 0 Å². The average Bonchev–Trinajstić information content (AvgIpc) is 3.06. The Morgan fingerprint density at radius 2 is 1.83 bits per heavy atom. The lowest BCUT2D eigenvalue weighted by Crippen LogP contribution is -2.59. The number of urea groups is 1. The number of fused-ring (bicyclic) bond motifs is 1. The van der Waals surface area contributed by atoms with Gasteiger partial charge in [0, 0.05) is 33.2 Å². The van der Waals surface area contributed by atoms with Crippen LogP contribution in [-0.4, -0.2) is 77.9 Å². The van der Waals surface area contributed by atoms with Gasteiger partial charge < -0.3 is 20.0 Å². The van der Waals surface area contributed by atoms with Crippen LogP contribution in [0.25, 0.3) is 0 Å². The molecule has 3 heterocycles. The minimum atomic E-state index is -0.638. The second-order valence-corrected chi connectivity index (χ2v) is 8.25. The largest absolute Gasteiger partial charge is 0.340 e. The molecule has 3 saturated heterocycles. The van der Waals surface area contributed by atoms with E-state index in [0.29, 0.717) is 39.0 Å². The number of hydrogen-bond acceptors (Lipinski definition) is 3. The fourth-order valence-corrected chi connectivity index (χ4v) is 5.06. The summed E-state index contributed by atoms with van der Waals surface area (Å²) in [6.45, 7) is 5.82. The van der Waals surface area contributed by atoms with Crippen molar-refractivity contribution in [3.05, 3.63) is 48.6 Å². The Morgan fingerprint density at radius 3 is 2.48 bits per heavy atom. The van der Waals surface area contributed by atoms with Crippen molar-refractivity contribution < 1.29 is 14.4 Å². The molecule has 1 aromatic rings. The Balaban J connectivity index is 1.58. The minimum Gasteiger partial charge on any atom is -0.340 e. The SMILES string of the molecule is C=CC(=O)N1CCC(C(=O)N2CC[C@H]3[C@@H](C2)NC(=O)N3C)(c2ccccc2)CC1. The van der Waals surface area contributed by atoms with Crippen LogP contribution in [0, 0.1) is 0 Å². The number of nitrogens with one attached hydrogen (secondary N) is 1. The van der Waals surface area contributed by atoms with Crippen molar-refractivity contribution in [3.8, 4) is 0 Å². The van der Waals surface area contributed by atoms with Crippen LogP contribution in [0.4, 0.5) is 4.79 Å². The first-order chi connectivity index (χ1) is 14.0. The molecule has 154 valence electrons. The summed E-state index contributed by atoms with van der Waals surface area (Å²) in [6, 6.07) is 9.96. The van der Waals surface area contributed by atoms with E-state index in [-0.39, 0.29) is 29.9 Å². The molecule has 1 aromatic carbocycles. The van der Waals surface area contributed by atoms with E-state index in [2.05, 4.69) is 11.9 Å².